The van der Waals surface area contributed by atoms with Crippen LogP contribution in [0.3, 0.4) is 0 Å². The van der Waals surface area contributed by atoms with Gasteiger partial charge in [0.15, 0.2) is 0 Å². The Morgan fingerprint density at radius 2 is 1.92 bits per heavy atom. The first-order valence-electron chi connectivity index (χ1n) is 9.50. The van der Waals surface area contributed by atoms with Gasteiger partial charge in [0.1, 0.15) is 5.82 Å². The van der Waals surface area contributed by atoms with E-state index in [9.17, 15) is 9.90 Å². The van der Waals surface area contributed by atoms with Crippen LogP contribution in [0.4, 0.5) is 5.82 Å². The van der Waals surface area contributed by atoms with Gasteiger partial charge in [-0.3, -0.25) is 4.79 Å². The summed E-state index contributed by atoms with van der Waals surface area (Å²) in [7, 11) is 0. The molecule has 1 atom stereocenters. The summed E-state index contributed by atoms with van der Waals surface area (Å²) in [5, 5.41) is 10.3. The molecule has 6 heteroatoms. The molecule has 25 heavy (non-hydrogen) atoms. The molecule has 0 bridgehead atoms. The molecule has 1 spiro atoms. The lowest BCUT2D eigenvalue weighted by molar-refractivity contribution is -0.164. The summed E-state index contributed by atoms with van der Waals surface area (Å²) in [5.74, 6) is 0.992. The number of nitrogens with zero attached hydrogens (tertiary/aromatic N) is 3. The Bertz CT molecular complexity index is 605. The number of amides is 1. The Morgan fingerprint density at radius 3 is 2.56 bits per heavy atom. The van der Waals surface area contributed by atoms with E-state index in [4.69, 9.17) is 4.74 Å². The van der Waals surface area contributed by atoms with E-state index in [-0.39, 0.29) is 17.6 Å². The number of piperidine rings is 1. The summed E-state index contributed by atoms with van der Waals surface area (Å²) in [6, 6.07) is 3.83. The molecular formula is C19H27N3O3. The highest BCUT2D eigenvalue weighted by atomic mass is 16.5. The van der Waals surface area contributed by atoms with E-state index < -0.39 is 0 Å². The van der Waals surface area contributed by atoms with Gasteiger partial charge < -0.3 is 19.6 Å². The van der Waals surface area contributed by atoms with Gasteiger partial charge in [-0.2, -0.15) is 0 Å². The summed E-state index contributed by atoms with van der Waals surface area (Å²) >= 11 is 0. The number of aliphatic hydroxyl groups is 1. The first-order chi connectivity index (χ1) is 12.2. The van der Waals surface area contributed by atoms with Crippen molar-refractivity contribution in [3.63, 3.8) is 0 Å². The van der Waals surface area contributed by atoms with Crippen LogP contribution in [0.1, 0.15) is 48.9 Å². The molecule has 0 radical (unpaired) electrons. The van der Waals surface area contributed by atoms with Crippen molar-refractivity contribution < 1.29 is 14.6 Å². The lowest BCUT2D eigenvalue weighted by Crippen LogP contribution is -2.55. The Hall–Kier alpha value is -1.66. The number of rotatable bonds is 2. The van der Waals surface area contributed by atoms with Gasteiger partial charge in [0.05, 0.1) is 17.3 Å². The number of anilines is 1. The summed E-state index contributed by atoms with van der Waals surface area (Å²) < 4.78 is 5.96. The number of hydrogen-bond donors (Lipinski definition) is 1. The van der Waals surface area contributed by atoms with Gasteiger partial charge in [0.2, 0.25) is 0 Å². The fraction of sp³-hybridized carbons (Fsp3) is 0.684. The van der Waals surface area contributed by atoms with Crippen molar-refractivity contribution in [1.82, 2.24) is 9.88 Å². The van der Waals surface area contributed by atoms with E-state index >= 15 is 0 Å². The molecule has 136 valence electrons. The van der Waals surface area contributed by atoms with Crippen LogP contribution < -0.4 is 4.90 Å². The van der Waals surface area contributed by atoms with Crippen molar-refractivity contribution in [3.05, 3.63) is 23.9 Å². The molecule has 0 aliphatic carbocycles. The van der Waals surface area contributed by atoms with Crippen molar-refractivity contribution >= 4 is 11.7 Å². The number of pyridine rings is 1. The summed E-state index contributed by atoms with van der Waals surface area (Å²) in [5.41, 5.74) is 0.311. The molecule has 1 aromatic heterocycles. The number of carbonyl (C=O) groups is 1. The van der Waals surface area contributed by atoms with E-state index in [1.165, 1.54) is 0 Å². The van der Waals surface area contributed by atoms with Gasteiger partial charge in [0.25, 0.3) is 5.91 Å². The number of hydrogen-bond acceptors (Lipinski definition) is 5. The van der Waals surface area contributed by atoms with Crippen LogP contribution in [-0.4, -0.2) is 65.4 Å². The fourth-order valence-corrected chi connectivity index (χ4v) is 4.31. The minimum Gasteiger partial charge on any atom is -0.390 e. The second-order valence-electron chi connectivity index (χ2n) is 7.46. The first kappa shape index (κ1) is 16.8. The molecule has 1 aromatic rings. The van der Waals surface area contributed by atoms with Crippen LogP contribution in [0.2, 0.25) is 0 Å². The van der Waals surface area contributed by atoms with Gasteiger partial charge >= 0.3 is 0 Å². The monoisotopic (exact) mass is 345 g/mol. The third-order valence-corrected chi connectivity index (χ3v) is 5.94. The molecular weight excluding hydrogens is 318 g/mol. The second-order valence-corrected chi connectivity index (χ2v) is 7.46. The SMILES string of the molecule is O=C(c1ccc(N2CCC3(CC2)OCCC[C@@H]3O)nc1)N1CCCC1. The standard InChI is InChI=1S/C19H27N3O3/c23-16-4-3-13-25-19(16)7-11-21(12-8-19)17-6-5-15(14-20-17)18(24)22-9-1-2-10-22/h5-6,14,16,23H,1-4,7-13H2/t16-/m0/s1. The average Bonchev–Trinajstić information content (AvgIpc) is 3.19. The van der Waals surface area contributed by atoms with Crippen LogP contribution in [0.15, 0.2) is 18.3 Å². The zero-order chi connectivity index (χ0) is 17.3. The number of ether oxygens (including phenoxy) is 1. The largest absolute Gasteiger partial charge is 0.390 e. The van der Waals surface area contributed by atoms with Crippen LogP contribution in [0, 0.1) is 0 Å². The smallest absolute Gasteiger partial charge is 0.255 e. The molecule has 3 aliphatic rings. The Labute approximate surface area is 148 Å². The first-order valence-corrected chi connectivity index (χ1v) is 9.50. The predicted molar refractivity (Wildman–Crippen MR) is 94.7 cm³/mol. The van der Waals surface area contributed by atoms with Gasteiger partial charge in [-0.15, -0.1) is 0 Å². The quantitative estimate of drug-likeness (QED) is 0.886. The molecule has 3 saturated heterocycles. The highest BCUT2D eigenvalue weighted by Gasteiger charge is 2.43. The van der Waals surface area contributed by atoms with Gasteiger partial charge in [-0.05, 0) is 50.7 Å². The van der Waals surface area contributed by atoms with Crippen molar-refractivity contribution in [3.8, 4) is 0 Å². The third-order valence-electron chi connectivity index (χ3n) is 5.94. The maximum Gasteiger partial charge on any atom is 0.255 e. The Morgan fingerprint density at radius 1 is 1.16 bits per heavy atom. The van der Waals surface area contributed by atoms with Crippen LogP contribution in [0.5, 0.6) is 0 Å². The molecule has 0 unspecified atom stereocenters. The van der Waals surface area contributed by atoms with E-state index in [0.717, 1.165) is 77.1 Å². The second kappa shape index (κ2) is 6.92. The maximum atomic E-state index is 12.4. The minimum absolute atomic E-state index is 0.0906. The molecule has 3 fully saturated rings. The number of likely N-dealkylation sites (tertiary alicyclic amines) is 1. The van der Waals surface area contributed by atoms with E-state index in [2.05, 4.69) is 9.88 Å². The van der Waals surface area contributed by atoms with Gasteiger partial charge in [-0.25, -0.2) is 4.98 Å². The lowest BCUT2D eigenvalue weighted by atomic mass is 9.82. The zero-order valence-electron chi connectivity index (χ0n) is 14.7. The van der Waals surface area contributed by atoms with Crippen LogP contribution in [-0.2, 0) is 4.74 Å². The molecule has 3 aliphatic heterocycles. The van der Waals surface area contributed by atoms with Crippen LogP contribution in [0.25, 0.3) is 0 Å². The van der Waals surface area contributed by atoms with Crippen molar-refractivity contribution in [2.45, 2.75) is 50.2 Å². The Kier molecular flexibility index (Phi) is 4.65. The average molecular weight is 345 g/mol. The van der Waals surface area contributed by atoms with E-state index in [1.54, 1.807) is 6.20 Å². The normalized spacial score (nSPS) is 26.2. The summed E-state index contributed by atoms with van der Waals surface area (Å²) in [6.45, 7) is 4.11. The van der Waals surface area contributed by atoms with E-state index in [0.29, 0.717) is 5.56 Å². The molecule has 4 heterocycles. The Balaban J connectivity index is 1.39. The topological polar surface area (TPSA) is 65.9 Å². The lowest BCUT2D eigenvalue weighted by Gasteiger charge is -2.47. The molecule has 1 N–H and O–H groups in total. The van der Waals surface area contributed by atoms with Gasteiger partial charge in [0, 0.05) is 39.0 Å². The molecule has 6 nitrogen and oxygen atoms in total. The van der Waals surface area contributed by atoms with Gasteiger partial charge in [-0.1, -0.05) is 0 Å². The van der Waals surface area contributed by atoms with Crippen molar-refractivity contribution in [2.75, 3.05) is 37.7 Å². The number of aromatic nitrogens is 1. The summed E-state index contributed by atoms with van der Waals surface area (Å²) in [6.07, 6.45) is 6.98. The molecule has 1 amide bonds. The molecule has 4 rings (SSSR count). The molecule has 0 saturated carbocycles. The predicted octanol–water partition coefficient (Wildman–Crippen LogP) is 1.83. The van der Waals surface area contributed by atoms with Crippen molar-refractivity contribution in [2.24, 2.45) is 0 Å². The summed E-state index contributed by atoms with van der Waals surface area (Å²) in [4.78, 5) is 21.1. The van der Waals surface area contributed by atoms with Crippen molar-refractivity contribution in [1.29, 1.82) is 0 Å². The minimum atomic E-state index is -0.361. The molecule has 0 aromatic carbocycles. The highest BCUT2D eigenvalue weighted by Crippen LogP contribution is 2.36. The van der Waals surface area contributed by atoms with Crippen LogP contribution >= 0.6 is 0 Å². The number of carbonyl (C=O) groups excluding carboxylic acids is 1. The fourth-order valence-electron chi connectivity index (χ4n) is 4.31. The third kappa shape index (κ3) is 3.25. The zero-order valence-corrected chi connectivity index (χ0v) is 14.7. The highest BCUT2D eigenvalue weighted by molar-refractivity contribution is 5.94. The number of aliphatic hydroxyl groups excluding tert-OH is 1. The maximum absolute atomic E-state index is 12.4. The van der Waals surface area contributed by atoms with E-state index in [1.807, 2.05) is 17.0 Å².